The number of rotatable bonds is 2. The van der Waals surface area contributed by atoms with Gasteiger partial charge in [-0.15, -0.1) is 0 Å². The number of carboxylic acid groups (broad SMARTS) is 2. The molecule has 3 aliphatic rings. The van der Waals surface area contributed by atoms with Crippen LogP contribution in [0.1, 0.15) is 0 Å². The predicted octanol–water partition coefficient (Wildman–Crippen LogP) is 0.450. The Balaban J connectivity index is 1.83. The molecule has 0 aliphatic heterocycles. The molecule has 14 heavy (non-hydrogen) atoms. The Morgan fingerprint density at radius 2 is 1.21 bits per heavy atom. The van der Waals surface area contributed by atoms with E-state index in [9.17, 15) is 9.59 Å². The maximum absolute atomic E-state index is 10.8. The maximum atomic E-state index is 10.8. The van der Waals surface area contributed by atoms with Gasteiger partial charge in [0.05, 0.1) is 11.8 Å². The van der Waals surface area contributed by atoms with Crippen molar-refractivity contribution in [1.29, 1.82) is 0 Å². The van der Waals surface area contributed by atoms with Crippen molar-refractivity contribution in [3.8, 4) is 0 Å². The molecule has 4 nitrogen and oxygen atoms in total. The van der Waals surface area contributed by atoms with Gasteiger partial charge in [-0.3, -0.25) is 9.59 Å². The monoisotopic (exact) mass is 194 g/mol. The molecular weight excluding hydrogens is 184 g/mol. The number of carboxylic acids is 2. The number of carbonyl (C=O) groups is 2. The Morgan fingerprint density at radius 3 is 1.50 bits per heavy atom. The summed E-state index contributed by atoms with van der Waals surface area (Å²) in [6.45, 7) is 0. The predicted molar refractivity (Wildman–Crippen MR) is 45.4 cm³/mol. The maximum Gasteiger partial charge on any atom is 0.307 e. The zero-order valence-corrected chi connectivity index (χ0v) is 7.33. The van der Waals surface area contributed by atoms with E-state index in [1.165, 1.54) is 0 Å². The van der Waals surface area contributed by atoms with E-state index < -0.39 is 11.9 Å². The minimum absolute atomic E-state index is 0.101. The topological polar surface area (TPSA) is 74.6 Å². The summed E-state index contributed by atoms with van der Waals surface area (Å²) in [5.74, 6) is -1.76. The highest BCUT2D eigenvalue weighted by molar-refractivity contribution is 5.79. The summed E-state index contributed by atoms with van der Waals surface area (Å²) in [5.41, 5.74) is 0. The number of hydrogen-bond acceptors (Lipinski definition) is 2. The third-order valence-corrected chi connectivity index (χ3v) is 3.84. The summed E-state index contributed by atoms with van der Waals surface area (Å²) in [6.07, 6.45) is 3.79. The fourth-order valence-electron chi connectivity index (χ4n) is 3.12. The Kier molecular flexibility index (Phi) is 1.25. The minimum atomic E-state index is -0.777. The molecule has 6 atom stereocenters. The van der Waals surface area contributed by atoms with E-state index in [1.54, 1.807) is 0 Å². The molecule has 0 aromatic heterocycles. The average Bonchev–Trinajstić information content (AvgIpc) is 2.95. The largest absolute Gasteiger partial charge is 0.481 e. The smallest absolute Gasteiger partial charge is 0.307 e. The lowest BCUT2D eigenvalue weighted by Crippen LogP contribution is -2.04. The highest BCUT2D eigenvalue weighted by Crippen LogP contribution is 2.68. The summed E-state index contributed by atoms with van der Waals surface area (Å²) in [5, 5.41) is 17.7. The minimum Gasteiger partial charge on any atom is -0.481 e. The van der Waals surface area contributed by atoms with Crippen molar-refractivity contribution in [2.45, 2.75) is 0 Å². The first-order valence-corrected chi connectivity index (χ1v) is 4.77. The van der Waals surface area contributed by atoms with E-state index >= 15 is 0 Å². The molecule has 0 aromatic carbocycles. The first-order valence-electron chi connectivity index (χ1n) is 4.77. The van der Waals surface area contributed by atoms with Crippen LogP contribution in [0.4, 0.5) is 0 Å². The summed E-state index contributed by atoms with van der Waals surface area (Å²) in [7, 11) is 0. The normalized spacial score (nSPS) is 51.7. The van der Waals surface area contributed by atoms with Crippen molar-refractivity contribution in [1.82, 2.24) is 0 Å². The Labute approximate surface area is 80.2 Å². The fraction of sp³-hybridized carbons (Fsp3) is 0.600. The molecule has 3 aliphatic carbocycles. The number of allylic oxidation sites excluding steroid dienone is 2. The van der Waals surface area contributed by atoms with Crippen LogP contribution < -0.4 is 0 Å². The van der Waals surface area contributed by atoms with Gasteiger partial charge < -0.3 is 10.2 Å². The summed E-state index contributed by atoms with van der Waals surface area (Å²) in [4.78, 5) is 21.6. The Bertz CT molecular complexity index is 325. The number of fused-ring (bicyclic) bond motifs is 3. The second-order valence-corrected chi connectivity index (χ2v) is 4.42. The van der Waals surface area contributed by atoms with Crippen LogP contribution in [0.3, 0.4) is 0 Å². The van der Waals surface area contributed by atoms with Crippen molar-refractivity contribution < 1.29 is 19.8 Å². The molecule has 74 valence electrons. The van der Waals surface area contributed by atoms with E-state index in [-0.39, 0.29) is 35.5 Å². The highest BCUT2D eigenvalue weighted by atomic mass is 16.4. The summed E-state index contributed by atoms with van der Waals surface area (Å²) >= 11 is 0. The lowest BCUT2D eigenvalue weighted by Gasteiger charge is -1.95. The molecule has 0 bridgehead atoms. The van der Waals surface area contributed by atoms with Crippen molar-refractivity contribution in [2.24, 2.45) is 35.5 Å². The van der Waals surface area contributed by atoms with Gasteiger partial charge in [0.2, 0.25) is 0 Å². The van der Waals surface area contributed by atoms with Crippen LogP contribution in [0.2, 0.25) is 0 Å². The van der Waals surface area contributed by atoms with Crippen LogP contribution in [0.5, 0.6) is 0 Å². The van der Waals surface area contributed by atoms with E-state index in [4.69, 9.17) is 10.2 Å². The van der Waals surface area contributed by atoms with Gasteiger partial charge in [0, 0.05) is 0 Å². The SMILES string of the molecule is O=C(O)C1C2C=CC3C(C(=O)O)C3C21. The molecule has 0 spiro atoms. The Hall–Kier alpha value is -1.32. The number of aliphatic carboxylic acids is 2. The molecule has 6 unspecified atom stereocenters. The third-order valence-electron chi connectivity index (χ3n) is 3.84. The lowest BCUT2D eigenvalue weighted by atomic mass is 10.1. The highest BCUT2D eigenvalue weighted by Gasteiger charge is 2.71. The van der Waals surface area contributed by atoms with Gasteiger partial charge in [0.1, 0.15) is 0 Å². The molecule has 2 N–H and O–H groups in total. The van der Waals surface area contributed by atoms with E-state index in [0.29, 0.717) is 0 Å². The lowest BCUT2D eigenvalue weighted by molar-refractivity contribution is -0.141. The van der Waals surface area contributed by atoms with Gasteiger partial charge >= 0.3 is 11.9 Å². The molecule has 0 saturated heterocycles. The molecule has 0 radical (unpaired) electrons. The van der Waals surface area contributed by atoms with Crippen LogP contribution >= 0.6 is 0 Å². The van der Waals surface area contributed by atoms with E-state index in [1.807, 2.05) is 12.2 Å². The molecule has 2 saturated carbocycles. The molecule has 0 amide bonds. The summed E-state index contributed by atoms with van der Waals surface area (Å²) in [6, 6.07) is 0. The molecule has 4 heteroatoms. The van der Waals surface area contributed by atoms with Gasteiger partial charge in [-0.1, -0.05) is 12.2 Å². The average molecular weight is 194 g/mol. The Morgan fingerprint density at radius 1 is 0.857 bits per heavy atom. The van der Waals surface area contributed by atoms with Crippen LogP contribution in [0, 0.1) is 35.5 Å². The standard InChI is InChI=1S/C10H10O4/c11-9(12)7-3-1-2-4-6(5(3)7)8(4)10(13)14/h1-8H,(H,11,12)(H,13,14). The van der Waals surface area contributed by atoms with Gasteiger partial charge in [0.15, 0.2) is 0 Å². The number of hydrogen-bond donors (Lipinski definition) is 2. The molecule has 2 fully saturated rings. The quantitative estimate of drug-likeness (QED) is 0.626. The second-order valence-electron chi connectivity index (χ2n) is 4.42. The van der Waals surface area contributed by atoms with Crippen molar-refractivity contribution in [3.63, 3.8) is 0 Å². The van der Waals surface area contributed by atoms with Gasteiger partial charge in [-0.2, -0.15) is 0 Å². The van der Waals surface area contributed by atoms with E-state index in [2.05, 4.69) is 0 Å². The van der Waals surface area contributed by atoms with Gasteiger partial charge in [0.25, 0.3) is 0 Å². The van der Waals surface area contributed by atoms with Crippen LogP contribution in [-0.4, -0.2) is 22.2 Å². The molecule has 3 rings (SSSR count). The molecule has 0 aromatic rings. The van der Waals surface area contributed by atoms with E-state index in [0.717, 1.165) is 0 Å². The first kappa shape index (κ1) is 8.03. The van der Waals surface area contributed by atoms with Gasteiger partial charge in [-0.05, 0) is 23.7 Å². The zero-order valence-electron chi connectivity index (χ0n) is 7.33. The summed E-state index contributed by atoms with van der Waals surface area (Å²) < 4.78 is 0. The van der Waals surface area contributed by atoms with Crippen molar-refractivity contribution >= 4 is 11.9 Å². The van der Waals surface area contributed by atoms with Crippen molar-refractivity contribution in [3.05, 3.63) is 12.2 Å². The molecule has 0 heterocycles. The van der Waals surface area contributed by atoms with Crippen LogP contribution in [0.25, 0.3) is 0 Å². The third kappa shape index (κ3) is 0.786. The zero-order chi connectivity index (χ0) is 10.0. The molecular formula is C10H10O4. The van der Waals surface area contributed by atoms with Crippen LogP contribution in [-0.2, 0) is 9.59 Å². The van der Waals surface area contributed by atoms with Crippen molar-refractivity contribution in [2.75, 3.05) is 0 Å². The van der Waals surface area contributed by atoms with Gasteiger partial charge in [-0.25, -0.2) is 0 Å². The second kappa shape index (κ2) is 2.19. The fourth-order valence-corrected chi connectivity index (χ4v) is 3.12. The first-order chi connectivity index (χ1) is 6.63. The van der Waals surface area contributed by atoms with Crippen LogP contribution in [0.15, 0.2) is 12.2 Å².